The number of amides is 3. The van der Waals surface area contributed by atoms with E-state index >= 15 is 0 Å². The average molecular weight is 586 g/mol. The van der Waals surface area contributed by atoms with Gasteiger partial charge >= 0.3 is 6.09 Å². The number of H-pyrrole nitrogens is 1. The molecule has 0 saturated carbocycles. The summed E-state index contributed by atoms with van der Waals surface area (Å²) >= 11 is 0. The Morgan fingerprint density at radius 3 is 2.56 bits per heavy atom. The normalized spacial score (nSPS) is 22.5. The molecule has 9 nitrogen and oxygen atoms in total. The third-order valence-electron chi connectivity index (χ3n) is 9.95. The zero-order valence-electron chi connectivity index (χ0n) is 25.4. The number of likely N-dealkylation sites (tertiary alicyclic amines) is 1. The number of piperidine rings is 2. The molecule has 3 aliphatic rings. The largest absolute Gasteiger partial charge is 0.445 e. The van der Waals surface area contributed by atoms with Crippen molar-refractivity contribution in [3.63, 3.8) is 0 Å². The fourth-order valence-electron chi connectivity index (χ4n) is 7.54. The molecule has 3 N–H and O–H groups in total. The molecule has 4 atom stereocenters. The van der Waals surface area contributed by atoms with Gasteiger partial charge in [0.05, 0.1) is 5.92 Å². The molecule has 3 heterocycles. The SMILES string of the molecule is CC(c1c[nH]c2ccccc12)C(NC(=O)OC1CCCNC1)C(=O)N1CCC2(CC1)CC(C(=O)N(C)C)c1ccccc12. The van der Waals surface area contributed by atoms with Gasteiger partial charge in [-0.15, -0.1) is 0 Å². The number of para-hydroxylation sites is 1. The Balaban J connectivity index is 1.22. The minimum absolute atomic E-state index is 0.0986. The van der Waals surface area contributed by atoms with E-state index in [1.54, 1.807) is 4.90 Å². The highest BCUT2D eigenvalue weighted by Crippen LogP contribution is 2.52. The number of likely N-dealkylation sites (N-methyl/N-ethyl adjacent to an activating group) is 1. The Bertz CT molecular complexity index is 1480. The number of carbonyl (C=O) groups is 3. The number of aromatic amines is 1. The minimum atomic E-state index is -0.781. The lowest BCUT2D eigenvalue weighted by Gasteiger charge is -2.42. The van der Waals surface area contributed by atoms with Crippen molar-refractivity contribution in [1.29, 1.82) is 0 Å². The standard InChI is InChI=1S/C34H43N5O4/c1-22(27-21-36-29-13-7-5-11-25(27)29)30(37-33(42)43-23-9-8-16-35-20-23)32(41)39-17-14-34(15-18-39)19-26(31(40)38(2)3)24-10-4-6-12-28(24)34/h4-7,10-13,21-23,26,30,35-36H,8-9,14-20H2,1-3H3,(H,37,42). The van der Waals surface area contributed by atoms with E-state index in [0.717, 1.165) is 60.7 Å². The summed E-state index contributed by atoms with van der Waals surface area (Å²) in [6.07, 6.45) is 5.26. The van der Waals surface area contributed by atoms with Gasteiger partial charge in [-0.3, -0.25) is 9.59 Å². The maximum Gasteiger partial charge on any atom is 0.408 e. The average Bonchev–Trinajstić information content (AvgIpc) is 3.60. The van der Waals surface area contributed by atoms with E-state index < -0.39 is 12.1 Å². The number of nitrogens with zero attached hydrogens (tertiary/aromatic N) is 2. The van der Waals surface area contributed by atoms with Crippen LogP contribution in [0.1, 0.15) is 67.6 Å². The molecule has 9 heteroatoms. The van der Waals surface area contributed by atoms with Gasteiger partial charge in [0.1, 0.15) is 12.1 Å². The summed E-state index contributed by atoms with van der Waals surface area (Å²) in [5.41, 5.74) is 4.20. The predicted molar refractivity (Wildman–Crippen MR) is 166 cm³/mol. The summed E-state index contributed by atoms with van der Waals surface area (Å²) in [6.45, 7) is 4.67. The smallest absolute Gasteiger partial charge is 0.408 e. The van der Waals surface area contributed by atoms with E-state index in [9.17, 15) is 14.4 Å². The van der Waals surface area contributed by atoms with Gasteiger partial charge < -0.3 is 30.2 Å². The third-order valence-corrected chi connectivity index (χ3v) is 9.95. The van der Waals surface area contributed by atoms with Crippen molar-refractivity contribution in [2.45, 2.75) is 68.4 Å². The number of benzene rings is 2. The summed E-state index contributed by atoms with van der Waals surface area (Å²) in [5, 5.41) is 7.29. The fraction of sp³-hybridized carbons (Fsp3) is 0.500. The number of hydrogen-bond acceptors (Lipinski definition) is 5. The zero-order valence-corrected chi connectivity index (χ0v) is 25.4. The van der Waals surface area contributed by atoms with Crippen LogP contribution >= 0.6 is 0 Å². The molecule has 0 radical (unpaired) electrons. The number of rotatable bonds is 6. The summed E-state index contributed by atoms with van der Waals surface area (Å²) in [7, 11) is 3.63. The van der Waals surface area contributed by atoms with Crippen molar-refractivity contribution < 1.29 is 19.1 Å². The van der Waals surface area contributed by atoms with Crippen LogP contribution in [0.4, 0.5) is 4.79 Å². The van der Waals surface area contributed by atoms with E-state index in [0.29, 0.717) is 19.6 Å². The highest BCUT2D eigenvalue weighted by Gasteiger charge is 2.49. The second kappa shape index (κ2) is 12.0. The van der Waals surface area contributed by atoms with E-state index in [1.807, 2.05) is 62.4 Å². The highest BCUT2D eigenvalue weighted by molar-refractivity contribution is 5.90. The number of ether oxygens (including phenoxy) is 1. The molecule has 1 aromatic heterocycles. The van der Waals surface area contributed by atoms with Gasteiger partial charge in [0.2, 0.25) is 11.8 Å². The first-order valence-corrected chi connectivity index (χ1v) is 15.6. The molecule has 0 bridgehead atoms. The molecular formula is C34H43N5O4. The molecular weight excluding hydrogens is 542 g/mol. The van der Waals surface area contributed by atoms with Crippen LogP contribution in [0.2, 0.25) is 0 Å². The van der Waals surface area contributed by atoms with Crippen LogP contribution in [0.25, 0.3) is 10.9 Å². The summed E-state index contributed by atoms with van der Waals surface area (Å²) in [6, 6.07) is 15.5. The summed E-state index contributed by atoms with van der Waals surface area (Å²) in [4.78, 5) is 47.5. The molecule has 228 valence electrons. The van der Waals surface area contributed by atoms with Crippen LogP contribution in [0.5, 0.6) is 0 Å². The van der Waals surface area contributed by atoms with Crippen molar-refractivity contribution in [3.05, 3.63) is 71.4 Å². The van der Waals surface area contributed by atoms with Crippen molar-refractivity contribution in [1.82, 2.24) is 25.4 Å². The van der Waals surface area contributed by atoms with Gasteiger partial charge in [-0.1, -0.05) is 49.4 Å². The maximum absolute atomic E-state index is 14.3. The van der Waals surface area contributed by atoms with E-state index in [4.69, 9.17) is 4.74 Å². The maximum atomic E-state index is 14.3. The molecule has 4 unspecified atom stereocenters. The number of carbonyl (C=O) groups excluding carboxylic acids is 3. The molecule has 2 fully saturated rings. The molecule has 3 amide bonds. The molecule has 43 heavy (non-hydrogen) atoms. The molecule has 1 aliphatic carbocycles. The van der Waals surface area contributed by atoms with E-state index in [1.165, 1.54) is 5.56 Å². The number of alkyl carbamates (subject to hydrolysis) is 1. The van der Waals surface area contributed by atoms with Crippen LogP contribution in [0.3, 0.4) is 0 Å². The second-order valence-electron chi connectivity index (χ2n) is 12.8. The molecule has 3 aromatic rings. The number of hydrogen-bond donors (Lipinski definition) is 3. The van der Waals surface area contributed by atoms with Gasteiger partial charge in [-0.25, -0.2) is 4.79 Å². The Hall–Kier alpha value is -3.85. The first-order chi connectivity index (χ1) is 20.8. The van der Waals surface area contributed by atoms with Gasteiger partial charge in [0, 0.05) is 62.2 Å². The monoisotopic (exact) mass is 585 g/mol. The topological polar surface area (TPSA) is 107 Å². The first-order valence-electron chi connectivity index (χ1n) is 15.6. The molecule has 6 rings (SSSR count). The van der Waals surface area contributed by atoms with Crippen LogP contribution in [0.15, 0.2) is 54.7 Å². The van der Waals surface area contributed by atoms with Gasteiger partial charge in [0.25, 0.3) is 0 Å². The molecule has 2 aromatic carbocycles. The lowest BCUT2D eigenvalue weighted by atomic mass is 9.73. The van der Waals surface area contributed by atoms with Crippen LogP contribution in [-0.2, 0) is 19.7 Å². The van der Waals surface area contributed by atoms with Crippen LogP contribution in [-0.4, -0.2) is 85.1 Å². The molecule has 2 saturated heterocycles. The Labute approximate surface area is 253 Å². The van der Waals surface area contributed by atoms with Crippen molar-refractivity contribution in [3.8, 4) is 0 Å². The predicted octanol–water partition coefficient (Wildman–Crippen LogP) is 4.25. The number of nitrogens with one attached hydrogen (secondary N) is 3. The van der Waals surface area contributed by atoms with Gasteiger partial charge in [-0.2, -0.15) is 0 Å². The second-order valence-corrected chi connectivity index (χ2v) is 12.8. The fourth-order valence-corrected chi connectivity index (χ4v) is 7.54. The van der Waals surface area contributed by atoms with Gasteiger partial charge in [-0.05, 0) is 61.4 Å². The lowest BCUT2D eigenvalue weighted by molar-refractivity contribution is -0.136. The van der Waals surface area contributed by atoms with Gasteiger partial charge in [0.15, 0.2) is 0 Å². The van der Waals surface area contributed by atoms with Crippen LogP contribution < -0.4 is 10.6 Å². The Morgan fingerprint density at radius 2 is 1.81 bits per heavy atom. The zero-order chi connectivity index (χ0) is 30.1. The van der Waals surface area contributed by atoms with Crippen molar-refractivity contribution >= 4 is 28.8 Å². The van der Waals surface area contributed by atoms with E-state index in [-0.39, 0.29) is 35.2 Å². The molecule has 2 aliphatic heterocycles. The summed E-state index contributed by atoms with van der Waals surface area (Å²) in [5.74, 6) is -0.412. The Kier molecular flexibility index (Phi) is 8.18. The Morgan fingerprint density at radius 1 is 1.07 bits per heavy atom. The lowest BCUT2D eigenvalue weighted by Crippen LogP contribution is -2.55. The minimum Gasteiger partial charge on any atom is -0.445 e. The quantitative estimate of drug-likeness (QED) is 0.401. The van der Waals surface area contributed by atoms with Crippen molar-refractivity contribution in [2.75, 3.05) is 40.3 Å². The number of aromatic nitrogens is 1. The van der Waals surface area contributed by atoms with E-state index in [2.05, 4.69) is 33.8 Å². The molecule has 1 spiro atoms. The number of fused-ring (bicyclic) bond motifs is 3. The highest BCUT2D eigenvalue weighted by atomic mass is 16.6. The summed E-state index contributed by atoms with van der Waals surface area (Å²) < 4.78 is 5.76. The third kappa shape index (κ3) is 5.62. The van der Waals surface area contributed by atoms with Crippen molar-refractivity contribution in [2.24, 2.45) is 0 Å². The van der Waals surface area contributed by atoms with Crippen LogP contribution in [0, 0.1) is 0 Å². The first kappa shape index (κ1) is 29.2.